The van der Waals surface area contributed by atoms with Gasteiger partial charge in [0.15, 0.2) is 11.4 Å². The van der Waals surface area contributed by atoms with Gasteiger partial charge in [0.25, 0.3) is 0 Å². The Kier molecular flexibility index (Phi) is 6.18. The number of carbonyl (C=O) groups excluding carboxylic acids is 1. The number of carbonyl (C=O) groups is 1. The molecule has 0 bridgehead atoms. The number of amides is 1. The Balaban J connectivity index is 2.37. The van der Waals surface area contributed by atoms with E-state index in [-0.39, 0.29) is 6.61 Å². The summed E-state index contributed by atoms with van der Waals surface area (Å²) in [4.78, 5) is 14.1. The first kappa shape index (κ1) is 18.8. The first-order chi connectivity index (χ1) is 12.5. The Hall–Kier alpha value is -3.52. The second kappa shape index (κ2) is 8.54. The molecule has 0 aliphatic rings. The molecule has 0 atom stereocenters. The lowest BCUT2D eigenvalue weighted by Gasteiger charge is -2.10. The lowest BCUT2D eigenvalue weighted by Crippen LogP contribution is -2.18. The highest BCUT2D eigenvalue weighted by Crippen LogP contribution is 2.33. The number of ether oxygens (including phenoxy) is 2. The fourth-order valence-corrected chi connectivity index (χ4v) is 2.53. The zero-order chi connectivity index (χ0) is 19.1. The van der Waals surface area contributed by atoms with Crippen molar-refractivity contribution in [3.8, 4) is 17.6 Å². The third-order valence-corrected chi connectivity index (χ3v) is 3.66. The molecular formula is C18H19N5O3. The number of benzene rings is 1. The lowest BCUT2D eigenvalue weighted by molar-refractivity contribution is 0.150. The van der Waals surface area contributed by atoms with Crippen LogP contribution < -0.4 is 10.5 Å². The number of nitriles is 1. The Morgan fingerprint density at radius 2 is 2.15 bits per heavy atom. The Morgan fingerprint density at radius 3 is 2.73 bits per heavy atom. The third-order valence-electron chi connectivity index (χ3n) is 3.66. The van der Waals surface area contributed by atoms with Crippen molar-refractivity contribution >= 4 is 11.8 Å². The molecule has 1 heterocycles. The molecule has 8 heteroatoms. The van der Waals surface area contributed by atoms with Crippen LogP contribution >= 0.6 is 0 Å². The summed E-state index contributed by atoms with van der Waals surface area (Å²) >= 11 is 0. The molecule has 0 aliphatic carbocycles. The van der Waals surface area contributed by atoms with Crippen molar-refractivity contribution in [1.82, 2.24) is 9.78 Å². The van der Waals surface area contributed by atoms with Crippen molar-refractivity contribution in [1.29, 1.82) is 5.26 Å². The van der Waals surface area contributed by atoms with Crippen molar-refractivity contribution in [3.05, 3.63) is 46.6 Å². The number of nitrogens with zero attached hydrogens (tertiary/aromatic N) is 4. The minimum Gasteiger partial charge on any atom is -0.455 e. The normalized spacial score (nSPS) is 10.0. The van der Waals surface area contributed by atoms with E-state index in [1.807, 2.05) is 19.9 Å². The van der Waals surface area contributed by atoms with E-state index in [2.05, 4.69) is 9.94 Å². The van der Waals surface area contributed by atoms with Gasteiger partial charge in [-0.1, -0.05) is 13.8 Å². The van der Waals surface area contributed by atoms with Gasteiger partial charge in [0.1, 0.15) is 18.1 Å². The van der Waals surface area contributed by atoms with E-state index < -0.39 is 6.09 Å². The predicted octanol–water partition coefficient (Wildman–Crippen LogP) is 3.32. The summed E-state index contributed by atoms with van der Waals surface area (Å²) in [6, 6.07) is 6.70. The van der Waals surface area contributed by atoms with Crippen molar-refractivity contribution in [3.63, 3.8) is 0 Å². The van der Waals surface area contributed by atoms with Crippen molar-refractivity contribution in [2.45, 2.75) is 33.2 Å². The van der Waals surface area contributed by atoms with Gasteiger partial charge in [-0.05, 0) is 31.0 Å². The zero-order valence-corrected chi connectivity index (χ0v) is 14.7. The first-order valence-corrected chi connectivity index (χ1v) is 8.13. The van der Waals surface area contributed by atoms with Gasteiger partial charge in [-0.15, -0.1) is 0 Å². The van der Waals surface area contributed by atoms with Crippen molar-refractivity contribution in [2.75, 3.05) is 6.61 Å². The van der Waals surface area contributed by atoms with Crippen LogP contribution in [0.5, 0.6) is 11.5 Å². The smallest absolute Gasteiger partial charge is 0.404 e. The summed E-state index contributed by atoms with van der Waals surface area (Å²) in [5.74, 6) is 1.01. The van der Waals surface area contributed by atoms with Gasteiger partial charge in [0, 0.05) is 5.56 Å². The minimum absolute atomic E-state index is 0.110. The van der Waals surface area contributed by atoms with Gasteiger partial charge in [-0.2, -0.15) is 10.4 Å². The summed E-state index contributed by atoms with van der Waals surface area (Å²) in [5.41, 5.74) is 7.24. The second-order valence-corrected chi connectivity index (χ2v) is 5.36. The highest BCUT2D eigenvalue weighted by Gasteiger charge is 2.18. The van der Waals surface area contributed by atoms with E-state index in [0.717, 1.165) is 11.4 Å². The predicted molar refractivity (Wildman–Crippen MR) is 94.0 cm³/mol. The van der Waals surface area contributed by atoms with Gasteiger partial charge in [0.2, 0.25) is 0 Å². The largest absolute Gasteiger partial charge is 0.455 e. The molecule has 134 valence electrons. The fraction of sp³-hybridized carbons (Fsp3) is 0.333. The SMILES string of the molecule is [C-]#[N+]c1cc(C#N)cc(Oc2c(CC)nn(CCOC(N)=O)c2CC)c1. The van der Waals surface area contributed by atoms with Gasteiger partial charge >= 0.3 is 6.09 Å². The number of hydrogen-bond donors (Lipinski definition) is 1. The van der Waals surface area contributed by atoms with Crippen LogP contribution in [0.3, 0.4) is 0 Å². The van der Waals surface area contributed by atoms with E-state index in [1.165, 1.54) is 6.07 Å². The Morgan fingerprint density at radius 1 is 1.38 bits per heavy atom. The minimum atomic E-state index is -0.831. The highest BCUT2D eigenvalue weighted by molar-refractivity contribution is 5.64. The van der Waals surface area contributed by atoms with Gasteiger partial charge in [0.05, 0.1) is 24.9 Å². The fourth-order valence-electron chi connectivity index (χ4n) is 2.53. The van der Waals surface area contributed by atoms with Crippen LogP contribution in [-0.2, 0) is 24.1 Å². The van der Waals surface area contributed by atoms with Gasteiger partial charge in [-0.25, -0.2) is 9.64 Å². The lowest BCUT2D eigenvalue weighted by atomic mass is 10.2. The van der Waals surface area contributed by atoms with Crippen LogP contribution in [0.4, 0.5) is 10.5 Å². The molecule has 2 rings (SSSR count). The molecule has 26 heavy (non-hydrogen) atoms. The van der Waals surface area contributed by atoms with Crippen LogP contribution in [-0.4, -0.2) is 22.5 Å². The average molecular weight is 353 g/mol. The molecule has 0 spiro atoms. The van der Waals surface area contributed by atoms with E-state index in [9.17, 15) is 4.79 Å². The number of aryl methyl sites for hydroxylation is 1. The topological polar surface area (TPSA) is 108 Å². The second-order valence-electron chi connectivity index (χ2n) is 5.36. The molecule has 1 aromatic carbocycles. The van der Waals surface area contributed by atoms with Crippen LogP contribution in [0.1, 0.15) is 30.8 Å². The number of primary amides is 1. The molecule has 1 aromatic heterocycles. The molecule has 2 N–H and O–H groups in total. The molecule has 1 amide bonds. The quantitative estimate of drug-likeness (QED) is 0.768. The molecule has 0 unspecified atom stereocenters. The van der Waals surface area contributed by atoms with Crippen LogP contribution in [0.25, 0.3) is 4.85 Å². The molecule has 2 aromatic rings. The van der Waals surface area contributed by atoms with Gasteiger partial charge in [-0.3, -0.25) is 4.68 Å². The summed E-state index contributed by atoms with van der Waals surface area (Å²) in [6.07, 6.45) is 0.453. The molecule has 0 radical (unpaired) electrons. The van der Waals surface area contributed by atoms with Crippen molar-refractivity contribution in [2.24, 2.45) is 5.73 Å². The first-order valence-electron chi connectivity index (χ1n) is 8.13. The van der Waals surface area contributed by atoms with Crippen LogP contribution in [0.2, 0.25) is 0 Å². The van der Waals surface area contributed by atoms with E-state index in [4.69, 9.17) is 27.0 Å². The molecule has 8 nitrogen and oxygen atoms in total. The standard InChI is InChI=1S/C18H19N5O3/c1-4-15-17(16(5-2)23(22-15)6-7-25-18(20)24)26-14-9-12(11-19)8-13(10-14)21-3/h8-10H,4-7H2,1-2H3,(H2,20,24). The van der Waals surface area contributed by atoms with E-state index in [1.54, 1.807) is 16.8 Å². The molecule has 0 aliphatic heterocycles. The highest BCUT2D eigenvalue weighted by atomic mass is 16.5. The third kappa shape index (κ3) is 4.31. The Bertz CT molecular complexity index is 857. The average Bonchev–Trinajstić information content (AvgIpc) is 2.97. The van der Waals surface area contributed by atoms with Crippen LogP contribution in [0.15, 0.2) is 18.2 Å². The molecular weight excluding hydrogens is 334 g/mol. The van der Waals surface area contributed by atoms with Crippen molar-refractivity contribution < 1.29 is 14.3 Å². The summed E-state index contributed by atoms with van der Waals surface area (Å²) in [6.45, 7) is 11.5. The maximum Gasteiger partial charge on any atom is 0.404 e. The maximum atomic E-state index is 10.7. The summed E-state index contributed by atoms with van der Waals surface area (Å²) in [5, 5.41) is 13.6. The van der Waals surface area contributed by atoms with E-state index in [0.29, 0.717) is 42.1 Å². The Labute approximate surface area is 151 Å². The number of rotatable bonds is 7. The zero-order valence-electron chi connectivity index (χ0n) is 14.7. The van der Waals surface area contributed by atoms with Gasteiger partial charge < -0.3 is 15.2 Å². The molecule has 0 fully saturated rings. The number of nitrogens with two attached hydrogens (primary N) is 1. The molecule has 0 saturated heterocycles. The number of hydrogen-bond acceptors (Lipinski definition) is 5. The molecule has 0 saturated carbocycles. The van der Waals surface area contributed by atoms with Crippen LogP contribution in [0, 0.1) is 17.9 Å². The summed E-state index contributed by atoms with van der Waals surface area (Å²) in [7, 11) is 0. The number of aromatic nitrogens is 2. The summed E-state index contributed by atoms with van der Waals surface area (Å²) < 4.78 is 12.5. The maximum absolute atomic E-state index is 10.7. The van der Waals surface area contributed by atoms with E-state index >= 15 is 0 Å². The monoisotopic (exact) mass is 353 g/mol.